The summed E-state index contributed by atoms with van der Waals surface area (Å²) < 4.78 is 11.6. The number of anilines is 3. The molecule has 1 amide bonds. The van der Waals surface area contributed by atoms with E-state index in [4.69, 9.17) is 26.1 Å². The number of halogens is 1. The minimum Gasteiger partial charge on any atom is -0.453 e. The van der Waals surface area contributed by atoms with Crippen LogP contribution in [0, 0.1) is 0 Å². The highest BCUT2D eigenvalue weighted by molar-refractivity contribution is 6.36. The summed E-state index contributed by atoms with van der Waals surface area (Å²) >= 11 is 6.38. The second-order valence-corrected chi connectivity index (χ2v) is 11.1. The predicted molar refractivity (Wildman–Crippen MR) is 146 cm³/mol. The maximum Gasteiger partial charge on any atom is 0.257 e. The van der Waals surface area contributed by atoms with Crippen molar-refractivity contribution in [1.29, 1.82) is 0 Å². The molecule has 38 heavy (non-hydrogen) atoms. The number of hydrogen-bond donors (Lipinski definition) is 3. The van der Waals surface area contributed by atoms with E-state index in [-0.39, 0.29) is 12.7 Å². The van der Waals surface area contributed by atoms with Crippen LogP contribution < -0.4 is 20.1 Å². The average Bonchev–Trinajstić information content (AvgIpc) is 3.47. The van der Waals surface area contributed by atoms with Crippen LogP contribution in [0.4, 0.5) is 17.5 Å². The van der Waals surface area contributed by atoms with Crippen molar-refractivity contribution in [2.75, 3.05) is 43.6 Å². The molecule has 1 aliphatic carbocycles. The Morgan fingerprint density at radius 1 is 1.00 bits per heavy atom. The van der Waals surface area contributed by atoms with Gasteiger partial charge < -0.3 is 34.9 Å². The molecular weight excluding hydrogens is 506 g/mol. The SMILES string of the molecule is O=C(c1ccc(Nc2nc(NC3CC3)c3c(Cl)c[nH]c3n2)c2c1OCO2)N1CCC(N2CCCCC2)CC1. The van der Waals surface area contributed by atoms with Gasteiger partial charge in [-0.15, -0.1) is 0 Å². The van der Waals surface area contributed by atoms with E-state index in [1.54, 1.807) is 6.20 Å². The summed E-state index contributed by atoms with van der Waals surface area (Å²) in [4.78, 5) is 30.5. The number of nitrogens with one attached hydrogen (secondary N) is 3. The zero-order valence-corrected chi connectivity index (χ0v) is 22.0. The first-order valence-electron chi connectivity index (χ1n) is 13.7. The second kappa shape index (κ2) is 9.81. The number of amides is 1. The van der Waals surface area contributed by atoms with Gasteiger partial charge in [0.25, 0.3) is 5.91 Å². The first-order chi connectivity index (χ1) is 18.6. The predicted octanol–water partition coefficient (Wildman–Crippen LogP) is 4.75. The van der Waals surface area contributed by atoms with Gasteiger partial charge in [-0.25, -0.2) is 0 Å². The second-order valence-electron chi connectivity index (χ2n) is 10.6. The van der Waals surface area contributed by atoms with E-state index in [2.05, 4.69) is 25.5 Å². The summed E-state index contributed by atoms with van der Waals surface area (Å²) in [5, 5.41) is 8.07. The summed E-state index contributed by atoms with van der Waals surface area (Å²) in [6, 6.07) is 4.64. The van der Waals surface area contributed by atoms with Crippen LogP contribution >= 0.6 is 11.6 Å². The molecule has 200 valence electrons. The van der Waals surface area contributed by atoms with Gasteiger partial charge in [-0.2, -0.15) is 9.97 Å². The van der Waals surface area contributed by atoms with Gasteiger partial charge in [0, 0.05) is 31.4 Å². The van der Waals surface area contributed by atoms with Crippen LogP contribution in [0.1, 0.15) is 55.3 Å². The summed E-state index contributed by atoms with van der Waals surface area (Å²) in [6.07, 6.45) is 9.90. The molecular formula is C27H32ClN7O3. The number of carbonyl (C=O) groups excluding carboxylic acids is 1. The molecule has 0 atom stereocenters. The number of rotatable bonds is 6. The molecule has 2 saturated heterocycles. The summed E-state index contributed by atoms with van der Waals surface area (Å²) in [5.41, 5.74) is 1.82. The van der Waals surface area contributed by atoms with Gasteiger partial charge in [0.2, 0.25) is 12.7 Å². The van der Waals surface area contributed by atoms with Crippen molar-refractivity contribution in [2.45, 2.75) is 57.0 Å². The first kappa shape index (κ1) is 23.8. The van der Waals surface area contributed by atoms with Gasteiger partial charge in [-0.1, -0.05) is 18.0 Å². The molecule has 7 rings (SSSR count). The molecule has 4 aliphatic rings. The van der Waals surface area contributed by atoms with Crippen molar-refractivity contribution in [3.8, 4) is 11.5 Å². The Balaban J connectivity index is 1.10. The van der Waals surface area contributed by atoms with Gasteiger partial charge in [-0.3, -0.25) is 4.79 Å². The number of benzene rings is 1. The number of carbonyl (C=O) groups is 1. The molecule has 3 N–H and O–H groups in total. The molecule has 5 heterocycles. The maximum atomic E-state index is 13.5. The van der Waals surface area contributed by atoms with Crippen molar-refractivity contribution in [1.82, 2.24) is 24.8 Å². The normalized spacial score (nSPS) is 20.2. The van der Waals surface area contributed by atoms with Crippen LogP contribution in [0.3, 0.4) is 0 Å². The van der Waals surface area contributed by atoms with E-state index >= 15 is 0 Å². The lowest BCUT2D eigenvalue weighted by atomic mass is 9.99. The lowest BCUT2D eigenvalue weighted by molar-refractivity contribution is 0.0586. The van der Waals surface area contributed by atoms with Gasteiger partial charge in [0.1, 0.15) is 11.5 Å². The summed E-state index contributed by atoms with van der Waals surface area (Å²) in [5.74, 6) is 2.06. The number of nitrogens with zero attached hydrogens (tertiary/aromatic N) is 4. The standard InChI is InChI=1S/C27H32ClN7O3/c28-19-14-29-24-21(19)25(30-16-4-5-16)33-27(32-24)31-20-7-6-18(22-23(20)38-15-37-22)26(36)35-12-8-17(9-13-35)34-10-2-1-3-11-34/h6-7,14,16-17H,1-5,8-13,15H2,(H3,29,30,31,32,33). The molecule has 1 aromatic carbocycles. The number of piperidine rings is 2. The van der Waals surface area contributed by atoms with Crippen molar-refractivity contribution in [2.24, 2.45) is 0 Å². The Morgan fingerprint density at radius 2 is 1.79 bits per heavy atom. The van der Waals surface area contributed by atoms with E-state index in [1.807, 2.05) is 17.0 Å². The minimum atomic E-state index is -0.00925. The molecule has 3 fully saturated rings. The number of hydrogen-bond acceptors (Lipinski definition) is 8. The largest absolute Gasteiger partial charge is 0.453 e. The Bertz CT molecular complexity index is 1360. The fourth-order valence-corrected chi connectivity index (χ4v) is 6.08. The third-order valence-electron chi connectivity index (χ3n) is 8.06. The summed E-state index contributed by atoms with van der Waals surface area (Å²) in [7, 11) is 0. The Labute approximate surface area is 226 Å². The molecule has 3 aliphatic heterocycles. The smallest absolute Gasteiger partial charge is 0.257 e. The number of H-pyrrole nitrogens is 1. The van der Waals surface area contributed by atoms with Gasteiger partial charge in [-0.05, 0) is 63.7 Å². The highest BCUT2D eigenvalue weighted by atomic mass is 35.5. The van der Waals surface area contributed by atoms with Gasteiger partial charge >= 0.3 is 0 Å². The highest BCUT2D eigenvalue weighted by Crippen LogP contribution is 2.44. The number of fused-ring (bicyclic) bond motifs is 2. The average molecular weight is 538 g/mol. The van der Waals surface area contributed by atoms with E-state index < -0.39 is 0 Å². The quantitative estimate of drug-likeness (QED) is 0.413. The molecule has 2 aromatic heterocycles. The molecule has 0 bridgehead atoms. The van der Waals surface area contributed by atoms with Crippen LogP contribution in [0.15, 0.2) is 18.3 Å². The van der Waals surface area contributed by atoms with Crippen LogP contribution in [0.25, 0.3) is 11.0 Å². The van der Waals surface area contributed by atoms with Gasteiger partial charge in [0.05, 0.1) is 21.7 Å². The fourth-order valence-electron chi connectivity index (χ4n) is 5.85. The van der Waals surface area contributed by atoms with E-state index in [0.29, 0.717) is 57.3 Å². The van der Waals surface area contributed by atoms with Crippen LogP contribution in [0.5, 0.6) is 11.5 Å². The third-order valence-corrected chi connectivity index (χ3v) is 8.35. The number of likely N-dealkylation sites (tertiary alicyclic amines) is 2. The lowest BCUT2D eigenvalue weighted by Crippen LogP contribution is -2.48. The van der Waals surface area contributed by atoms with Crippen LogP contribution in [0.2, 0.25) is 5.02 Å². The fraction of sp³-hybridized carbons (Fsp3) is 0.519. The van der Waals surface area contributed by atoms with Crippen molar-refractivity contribution < 1.29 is 14.3 Å². The van der Waals surface area contributed by atoms with Crippen molar-refractivity contribution in [3.05, 3.63) is 28.9 Å². The molecule has 0 spiro atoms. The number of aromatic amines is 1. The molecule has 11 heteroatoms. The topological polar surface area (TPSA) is 108 Å². The zero-order chi connectivity index (χ0) is 25.6. The Hall–Kier alpha value is -3.24. The van der Waals surface area contributed by atoms with E-state index in [1.165, 1.54) is 32.4 Å². The van der Waals surface area contributed by atoms with Crippen molar-refractivity contribution in [3.63, 3.8) is 0 Å². The summed E-state index contributed by atoms with van der Waals surface area (Å²) in [6.45, 7) is 3.97. The number of aromatic nitrogens is 3. The Morgan fingerprint density at radius 3 is 2.58 bits per heavy atom. The monoisotopic (exact) mass is 537 g/mol. The van der Waals surface area contributed by atoms with Crippen LogP contribution in [-0.2, 0) is 0 Å². The molecule has 3 aromatic rings. The molecule has 10 nitrogen and oxygen atoms in total. The van der Waals surface area contributed by atoms with E-state index in [0.717, 1.165) is 44.2 Å². The van der Waals surface area contributed by atoms with Crippen molar-refractivity contribution >= 4 is 46.0 Å². The number of ether oxygens (including phenoxy) is 2. The highest BCUT2D eigenvalue weighted by Gasteiger charge is 2.32. The maximum absolute atomic E-state index is 13.5. The molecule has 0 unspecified atom stereocenters. The Kier molecular flexibility index (Phi) is 6.16. The lowest BCUT2D eigenvalue weighted by Gasteiger charge is -2.40. The third kappa shape index (κ3) is 4.49. The van der Waals surface area contributed by atoms with E-state index in [9.17, 15) is 4.79 Å². The molecule has 1 saturated carbocycles. The zero-order valence-electron chi connectivity index (χ0n) is 21.3. The van der Waals surface area contributed by atoms with Crippen LogP contribution in [-0.4, -0.2) is 75.7 Å². The minimum absolute atomic E-state index is 0.00925. The molecule has 0 radical (unpaired) electrons. The first-order valence-corrected chi connectivity index (χ1v) is 14.1. The van der Waals surface area contributed by atoms with Gasteiger partial charge in [0.15, 0.2) is 11.5 Å².